The second kappa shape index (κ2) is 8.74. The van der Waals surface area contributed by atoms with Crippen LogP contribution in [0.5, 0.6) is 0 Å². The van der Waals surface area contributed by atoms with E-state index in [4.69, 9.17) is 9.47 Å². The van der Waals surface area contributed by atoms with Gasteiger partial charge in [-0.1, -0.05) is 30.3 Å². The van der Waals surface area contributed by atoms with E-state index >= 15 is 0 Å². The maximum atomic E-state index is 11.9. The number of ether oxygens (including phenoxy) is 2. The van der Waals surface area contributed by atoms with Gasteiger partial charge in [-0.25, -0.2) is 9.59 Å². The van der Waals surface area contributed by atoms with E-state index in [9.17, 15) is 9.59 Å². The highest BCUT2D eigenvalue weighted by atomic mass is 16.6. The van der Waals surface area contributed by atoms with E-state index in [1.165, 1.54) is 0 Å². The Labute approximate surface area is 149 Å². The van der Waals surface area contributed by atoms with Crippen molar-refractivity contribution in [2.24, 2.45) is 0 Å². The van der Waals surface area contributed by atoms with Crippen LogP contribution in [0.4, 0.5) is 9.59 Å². The average molecular weight is 347 g/mol. The van der Waals surface area contributed by atoms with Crippen LogP contribution < -0.4 is 10.6 Å². The summed E-state index contributed by atoms with van der Waals surface area (Å²) in [6.45, 7) is 5.75. The lowest BCUT2D eigenvalue weighted by molar-refractivity contribution is 0.0495. The van der Waals surface area contributed by atoms with Gasteiger partial charge in [-0.15, -0.1) is 0 Å². The summed E-state index contributed by atoms with van der Waals surface area (Å²) in [5.74, 6) is 0. The summed E-state index contributed by atoms with van der Waals surface area (Å²) in [6, 6.07) is 9.54. The number of hydrogen-bond acceptors (Lipinski definition) is 4. The molecule has 25 heavy (non-hydrogen) atoms. The predicted octanol–water partition coefficient (Wildman–Crippen LogP) is 3.56. The monoisotopic (exact) mass is 347 g/mol. The fourth-order valence-corrected chi connectivity index (χ4v) is 2.60. The lowest BCUT2D eigenvalue weighted by Gasteiger charge is -2.30. The smallest absolute Gasteiger partial charge is 0.407 e. The van der Waals surface area contributed by atoms with Crippen molar-refractivity contribution in [3.63, 3.8) is 0 Å². The van der Waals surface area contributed by atoms with Gasteiger partial charge in [-0.3, -0.25) is 0 Å². The molecule has 6 nitrogen and oxygen atoms in total. The molecule has 0 saturated heterocycles. The second-order valence-corrected chi connectivity index (χ2v) is 7.20. The minimum atomic E-state index is -0.505. The quantitative estimate of drug-likeness (QED) is 0.873. The van der Waals surface area contributed by atoms with Crippen molar-refractivity contribution in [3.8, 4) is 0 Å². The molecule has 1 aliphatic carbocycles. The zero-order valence-electron chi connectivity index (χ0n) is 15.1. The minimum Gasteiger partial charge on any atom is -0.445 e. The molecule has 0 bridgehead atoms. The van der Waals surface area contributed by atoms with Crippen LogP contribution in [0.15, 0.2) is 30.3 Å². The van der Waals surface area contributed by atoms with Gasteiger partial charge in [0.1, 0.15) is 12.2 Å². The first-order valence-corrected chi connectivity index (χ1v) is 8.62. The van der Waals surface area contributed by atoms with Crippen LogP contribution in [-0.2, 0) is 16.1 Å². The first-order chi connectivity index (χ1) is 11.8. The minimum absolute atomic E-state index is 0.0354. The van der Waals surface area contributed by atoms with E-state index < -0.39 is 17.8 Å². The van der Waals surface area contributed by atoms with Crippen molar-refractivity contribution < 1.29 is 19.1 Å². The topological polar surface area (TPSA) is 76.7 Å². The van der Waals surface area contributed by atoms with E-state index in [-0.39, 0.29) is 18.7 Å². The Bertz CT molecular complexity index is 561. The van der Waals surface area contributed by atoms with E-state index in [2.05, 4.69) is 10.6 Å². The standard InChI is InChI=1S/C19H27N2O4/c1-19(2,3)25-18(23)21-16-11-9-15(10-12-16)20-17(22)24-13-14-7-5-4-6-8-14/h4-9,15-16H,10-13H2,1-3H3,(H,20,22)(H,21,23). The average Bonchev–Trinajstić information content (AvgIpc) is 2.54. The largest absolute Gasteiger partial charge is 0.445 e. The molecule has 0 aromatic heterocycles. The molecule has 1 fully saturated rings. The van der Waals surface area contributed by atoms with Crippen LogP contribution in [0, 0.1) is 6.42 Å². The maximum Gasteiger partial charge on any atom is 0.407 e. The summed E-state index contributed by atoms with van der Waals surface area (Å²) in [5, 5.41) is 5.70. The molecule has 2 atom stereocenters. The number of hydrogen-bond donors (Lipinski definition) is 2. The molecule has 0 spiro atoms. The SMILES string of the molecule is CC(C)(C)OC(=O)NC1C[CH]C(NC(=O)OCc2ccccc2)CC1. The van der Waals surface area contributed by atoms with Crippen LogP contribution in [0.25, 0.3) is 0 Å². The van der Waals surface area contributed by atoms with Gasteiger partial charge >= 0.3 is 12.2 Å². The molecule has 0 heterocycles. The molecule has 137 valence electrons. The van der Waals surface area contributed by atoms with E-state index in [0.29, 0.717) is 6.42 Å². The van der Waals surface area contributed by atoms with Crippen molar-refractivity contribution in [1.82, 2.24) is 10.6 Å². The first kappa shape index (κ1) is 19.1. The van der Waals surface area contributed by atoms with Crippen molar-refractivity contribution in [1.29, 1.82) is 0 Å². The zero-order valence-corrected chi connectivity index (χ0v) is 15.1. The number of carbonyl (C=O) groups excluding carboxylic acids is 2. The fraction of sp³-hybridized carbons (Fsp3) is 0.526. The Kier molecular flexibility index (Phi) is 6.67. The molecule has 2 unspecified atom stereocenters. The Morgan fingerprint density at radius 2 is 1.80 bits per heavy atom. The molecule has 2 amide bonds. The number of alkyl carbamates (subject to hydrolysis) is 2. The number of rotatable bonds is 4. The van der Waals surface area contributed by atoms with Gasteiger partial charge in [0.2, 0.25) is 0 Å². The Hall–Kier alpha value is -2.24. The fourth-order valence-electron chi connectivity index (χ4n) is 2.60. The van der Waals surface area contributed by atoms with Gasteiger partial charge in [0.25, 0.3) is 0 Å². The molecule has 2 rings (SSSR count). The third kappa shape index (κ3) is 7.45. The first-order valence-electron chi connectivity index (χ1n) is 8.62. The van der Waals surface area contributed by atoms with Gasteiger partial charge in [0.05, 0.1) is 0 Å². The number of amides is 2. The molecule has 1 saturated carbocycles. The van der Waals surface area contributed by atoms with Crippen molar-refractivity contribution in [3.05, 3.63) is 42.3 Å². The third-order valence-electron chi connectivity index (χ3n) is 3.77. The Morgan fingerprint density at radius 1 is 1.08 bits per heavy atom. The highest BCUT2D eigenvalue weighted by Gasteiger charge is 2.26. The summed E-state index contributed by atoms with van der Waals surface area (Å²) < 4.78 is 10.5. The highest BCUT2D eigenvalue weighted by Crippen LogP contribution is 2.18. The molecular formula is C19H27N2O4. The van der Waals surface area contributed by atoms with Gasteiger partial charge in [0, 0.05) is 12.1 Å². The lowest BCUT2D eigenvalue weighted by atomic mass is 9.91. The molecule has 0 aliphatic heterocycles. The van der Waals surface area contributed by atoms with Crippen molar-refractivity contribution in [2.75, 3.05) is 0 Å². The molecule has 1 aromatic rings. The van der Waals surface area contributed by atoms with E-state index in [1.807, 2.05) is 57.5 Å². The van der Waals surface area contributed by atoms with Crippen LogP contribution in [0.1, 0.15) is 45.6 Å². The van der Waals surface area contributed by atoms with Gasteiger partial charge in [0.15, 0.2) is 0 Å². The molecule has 1 aromatic carbocycles. The van der Waals surface area contributed by atoms with Crippen LogP contribution >= 0.6 is 0 Å². The zero-order chi connectivity index (χ0) is 18.3. The molecule has 1 radical (unpaired) electrons. The number of carbonyl (C=O) groups is 2. The molecule has 1 aliphatic rings. The van der Waals surface area contributed by atoms with Crippen LogP contribution in [-0.4, -0.2) is 29.9 Å². The van der Waals surface area contributed by atoms with Gasteiger partial charge in [-0.2, -0.15) is 0 Å². The van der Waals surface area contributed by atoms with E-state index in [1.54, 1.807) is 0 Å². The van der Waals surface area contributed by atoms with Crippen LogP contribution in [0.3, 0.4) is 0 Å². The summed E-state index contributed by atoms with van der Waals surface area (Å²) in [6.07, 6.45) is 3.38. The van der Waals surface area contributed by atoms with Crippen LogP contribution in [0.2, 0.25) is 0 Å². The summed E-state index contributed by atoms with van der Waals surface area (Å²) in [7, 11) is 0. The Balaban J connectivity index is 1.64. The predicted molar refractivity (Wildman–Crippen MR) is 94.9 cm³/mol. The third-order valence-corrected chi connectivity index (χ3v) is 3.77. The molecule has 2 N–H and O–H groups in total. The van der Waals surface area contributed by atoms with Gasteiger partial charge in [-0.05, 0) is 52.0 Å². The van der Waals surface area contributed by atoms with Crippen molar-refractivity contribution in [2.45, 2.75) is 64.3 Å². The maximum absolute atomic E-state index is 11.9. The van der Waals surface area contributed by atoms with Crippen molar-refractivity contribution >= 4 is 12.2 Å². The highest BCUT2D eigenvalue weighted by molar-refractivity contribution is 5.68. The number of nitrogens with one attached hydrogen (secondary N) is 2. The molecular weight excluding hydrogens is 320 g/mol. The summed E-state index contributed by atoms with van der Waals surface area (Å²) in [4.78, 5) is 23.6. The lowest BCUT2D eigenvalue weighted by Crippen LogP contribution is -2.45. The second-order valence-electron chi connectivity index (χ2n) is 7.20. The normalized spacial score (nSPS) is 20.4. The summed E-state index contributed by atoms with van der Waals surface area (Å²) in [5.41, 5.74) is 0.446. The summed E-state index contributed by atoms with van der Waals surface area (Å²) >= 11 is 0. The van der Waals surface area contributed by atoms with E-state index in [0.717, 1.165) is 18.4 Å². The number of benzene rings is 1. The molecule has 6 heteroatoms. The van der Waals surface area contributed by atoms with Gasteiger partial charge < -0.3 is 20.1 Å². The Morgan fingerprint density at radius 3 is 2.40 bits per heavy atom.